The topological polar surface area (TPSA) is 66.4 Å². The second kappa shape index (κ2) is 6.22. The van der Waals surface area contributed by atoms with E-state index in [0.717, 1.165) is 0 Å². The first-order valence-corrected chi connectivity index (χ1v) is 3.12. The Labute approximate surface area is 59.2 Å². The predicted molar refractivity (Wildman–Crippen MR) is 35.4 cm³/mol. The zero-order valence-electron chi connectivity index (χ0n) is 5.67. The fourth-order valence-electron chi connectivity index (χ4n) is 0.474. The van der Waals surface area contributed by atoms with Crippen LogP contribution in [0.5, 0.6) is 0 Å². The number of hydrogen-bond donors (Lipinski definition) is 2. The third kappa shape index (κ3) is 5.24. The molecule has 58 valence electrons. The number of amides is 1. The van der Waals surface area contributed by atoms with Gasteiger partial charge in [-0.15, -0.1) is 0 Å². The summed E-state index contributed by atoms with van der Waals surface area (Å²) in [6.07, 6.45) is 1.15. The third-order valence-corrected chi connectivity index (χ3v) is 0.923. The molecule has 0 unspecified atom stereocenters. The van der Waals surface area contributed by atoms with Gasteiger partial charge in [0, 0.05) is 19.4 Å². The van der Waals surface area contributed by atoms with Gasteiger partial charge in [-0.1, -0.05) is 0 Å². The summed E-state index contributed by atoms with van der Waals surface area (Å²) in [5.41, 5.74) is 0. The molecule has 0 aromatic heterocycles. The standard InChI is InChI=1S/C6H11NO3/c8-4-1-2-6(10)7-3-5-9/h4,9H,1-3,5H2,(H,7,10). The van der Waals surface area contributed by atoms with Crippen molar-refractivity contribution in [3.8, 4) is 0 Å². The van der Waals surface area contributed by atoms with Crippen LogP contribution in [0.2, 0.25) is 0 Å². The molecule has 0 radical (unpaired) electrons. The molecule has 0 aliphatic heterocycles. The van der Waals surface area contributed by atoms with E-state index >= 15 is 0 Å². The van der Waals surface area contributed by atoms with Gasteiger partial charge in [0.05, 0.1) is 6.61 Å². The number of aliphatic hydroxyl groups is 1. The lowest BCUT2D eigenvalue weighted by Gasteiger charge is -1.98. The molecule has 0 aromatic carbocycles. The van der Waals surface area contributed by atoms with E-state index in [2.05, 4.69) is 5.32 Å². The number of aldehydes is 1. The van der Waals surface area contributed by atoms with Gasteiger partial charge in [0.2, 0.25) is 5.91 Å². The van der Waals surface area contributed by atoms with Gasteiger partial charge in [-0.3, -0.25) is 4.79 Å². The van der Waals surface area contributed by atoms with Crippen LogP contribution in [0.3, 0.4) is 0 Å². The fraction of sp³-hybridized carbons (Fsp3) is 0.667. The lowest BCUT2D eigenvalue weighted by molar-refractivity contribution is -0.122. The van der Waals surface area contributed by atoms with E-state index < -0.39 is 0 Å². The van der Waals surface area contributed by atoms with Crippen molar-refractivity contribution in [3.05, 3.63) is 0 Å². The molecule has 0 atom stereocenters. The summed E-state index contributed by atoms with van der Waals surface area (Å²) >= 11 is 0. The van der Waals surface area contributed by atoms with Crippen LogP contribution in [0.15, 0.2) is 0 Å². The van der Waals surface area contributed by atoms with Gasteiger partial charge in [-0.2, -0.15) is 0 Å². The van der Waals surface area contributed by atoms with E-state index in [9.17, 15) is 9.59 Å². The first-order chi connectivity index (χ1) is 4.81. The summed E-state index contributed by atoms with van der Waals surface area (Å²) < 4.78 is 0. The van der Waals surface area contributed by atoms with E-state index in [1.54, 1.807) is 0 Å². The molecular formula is C6H11NO3. The monoisotopic (exact) mass is 145 g/mol. The van der Waals surface area contributed by atoms with Gasteiger partial charge in [-0.25, -0.2) is 0 Å². The van der Waals surface area contributed by atoms with Crippen LogP contribution in [-0.4, -0.2) is 30.5 Å². The van der Waals surface area contributed by atoms with Crippen LogP contribution in [0.25, 0.3) is 0 Å². The summed E-state index contributed by atoms with van der Waals surface area (Å²) in [5, 5.41) is 10.7. The van der Waals surface area contributed by atoms with Crippen molar-refractivity contribution in [2.45, 2.75) is 12.8 Å². The average Bonchev–Trinajstić information content (AvgIpc) is 1.97. The summed E-state index contributed by atoms with van der Waals surface area (Å²) in [7, 11) is 0. The zero-order chi connectivity index (χ0) is 7.82. The van der Waals surface area contributed by atoms with E-state index in [4.69, 9.17) is 5.11 Å². The smallest absolute Gasteiger partial charge is 0.220 e. The number of rotatable bonds is 5. The summed E-state index contributed by atoms with van der Waals surface area (Å²) in [6, 6.07) is 0. The highest BCUT2D eigenvalue weighted by atomic mass is 16.3. The average molecular weight is 145 g/mol. The minimum Gasteiger partial charge on any atom is -0.395 e. The van der Waals surface area contributed by atoms with Crippen LogP contribution in [-0.2, 0) is 9.59 Å². The summed E-state index contributed by atoms with van der Waals surface area (Å²) in [4.78, 5) is 20.3. The van der Waals surface area contributed by atoms with Crippen molar-refractivity contribution < 1.29 is 14.7 Å². The van der Waals surface area contributed by atoms with Crippen LogP contribution in [0.4, 0.5) is 0 Å². The zero-order valence-corrected chi connectivity index (χ0v) is 5.67. The van der Waals surface area contributed by atoms with Gasteiger partial charge in [-0.05, 0) is 0 Å². The van der Waals surface area contributed by atoms with E-state index in [-0.39, 0.29) is 31.9 Å². The molecule has 4 heteroatoms. The largest absolute Gasteiger partial charge is 0.395 e. The highest BCUT2D eigenvalue weighted by Crippen LogP contribution is 1.82. The lowest BCUT2D eigenvalue weighted by Crippen LogP contribution is -2.25. The van der Waals surface area contributed by atoms with Crippen LogP contribution in [0, 0.1) is 0 Å². The van der Waals surface area contributed by atoms with E-state index in [1.807, 2.05) is 0 Å². The molecule has 0 aliphatic rings. The molecule has 0 bridgehead atoms. The Morgan fingerprint density at radius 1 is 1.60 bits per heavy atom. The highest BCUT2D eigenvalue weighted by Gasteiger charge is 1.96. The van der Waals surface area contributed by atoms with Gasteiger partial charge in [0.15, 0.2) is 0 Å². The molecule has 0 fully saturated rings. The van der Waals surface area contributed by atoms with Crippen molar-refractivity contribution in [2.75, 3.05) is 13.2 Å². The van der Waals surface area contributed by atoms with Crippen LogP contribution in [0.1, 0.15) is 12.8 Å². The molecule has 0 heterocycles. The predicted octanol–water partition coefficient (Wildman–Crippen LogP) is -0.926. The minimum absolute atomic E-state index is 0.0627. The number of nitrogens with one attached hydrogen (secondary N) is 1. The Bertz CT molecular complexity index is 114. The quantitative estimate of drug-likeness (QED) is 0.491. The molecule has 10 heavy (non-hydrogen) atoms. The molecule has 1 amide bonds. The Morgan fingerprint density at radius 3 is 2.80 bits per heavy atom. The molecule has 0 saturated heterocycles. The summed E-state index contributed by atoms with van der Waals surface area (Å²) in [5.74, 6) is -0.193. The van der Waals surface area contributed by atoms with Gasteiger partial charge < -0.3 is 15.2 Å². The first kappa shape index (κ1) is 9.10. The maximum absolute atomic E-state index is 10.6. The Hall–Kier alpha value is -0.900. The molecule has 0 rings (SSSR count). The molecule has 0 saturated carbocycles. The molecule has 4 nitrogen and oxygen atoms in total. The second-order valence-corrected chi connectivity index (χ2v) is 1.78. The maximum atomic E-state index is 10.6. The van der Waals surface area contributed by atoms with Crippen molar-refractivity contribution >= 4 is 12.2 Å². The molecular weight excluding hydrogens is 134 g/mol. The van der Waals surface area contributed by atoms with Crippen LogP contribution >= 0.6 is 0 Å². The van der Waals surface area contributed by atoms with Gasteiger partial charge in [0.1, 0.15) is 6.29 Å². The number of carbonyl (C=O) groups excluding carboxylic acids is 2. The Balaban J connectivity index is 3.16. The summed E-state index contributed by atoms with van der Waals surface area (Å²) in [6.45, 7) is 0.199. The molecule has 0 aromatic rings. The first-order valence-electron chi connectivity index (χ1n) is 3.12. The highest BCUT2D eigenvalue weighted by molar-refractivity contribution is 5.77. The SMILES string of the molecule is O=CCCC(=O)NCCO. The van der Waals surface area contributed by atoms with Crippen LogP contribution < -0.4 is 5.32 Å². The minimum atomic E-state index is -0.193. The van der Waals surface area contributed by atoms with Gasteiger partial charge in [0.25, 0.3) is 0 Å². The van der Waals surface area contributed by atoms with E-state index in [0.29, 0.717) is 6.29 Å². The van der Waals surface area contributed by atoms with Crippen molar-refractivity contribution in [3.63, 3.8) is 0 Å². The van der Waals surface area contributed by atoms with Crippen molar-refractivity contribution in [2.24, 2.45) is 0 Å². The Kier molecular flexibility index (Phi) is 5.66. The Morgan fingerprint density at radius 2 is 2.30 bits per heavy atom. The molecule has 0 spiro atoms. The van der Waals surface area contributed by atoms with Gasteiger partial charge >= 0.3 is 0 Å². The molecule has 2 N–H and O–H groups in total. The van der Waals surface area contributed by atoms with Crippen molar-refractivity contribution in [1.82, 2.24) is 5.32 Å². The van der Waals surface area contributed by atoms with E-state index in [1.165, 1.54) is 0 Å². The maximum Gasteiger partial charge on any atom is 0.220 e. The third-order valence-electron chi connectivity index (χ3n) is 0.923. The number of aliphatic hydroxyl groups excluding tert-OH is 1. The number of hydrogen-bond acceptors (Lipinski definition) is 3. The second-order valence-electron chi connectivity index (χ2n) is 1.78. The van der Waals surface area contributed by atoms with Crippen molar-refractivity contribution in [1.29, 1.82) is 0 Å². The normalized spacial score (nSPS) is 8.90. The number of carbonyl (C=O) groups is 2. The molecule has 0 aliphatic carbocycles. The lowest BCUT2D eigenvalue weighted by atomic mass is 10.3. The fourth-order valence-corrected chi connectivity index (χ4v) is 0.474.